The number of ether oxygens (including phenoxy) is 1. The maximum Gasteiger partial charge on any atom is 0.148 e. The molecule has 1 aromatic heterocycles. The molecule has 0 radical (unpaired) electrons. The lowest BCUT2D eigenvalue weighted by Gasteiger charge is -2.27. The van der Waals surface area contributed by atoms with E-state index in [1.54, 1.807) is 7.11 Å². The van der Waals surface area contributed by atoms with E-state index in [4.69, 9.17) is 16.3 Å². The van der Waals surface area contributed by atoms with E-state index in [1.807, 2.05) is 0 Å². The lowest BCUT2D eigenvalue weighted by atomic mass is 9.82. The topological polar surface area (TPSA) is 39.9 Å². The minimum absolute atomic E-state index is 0.213. The van der Waals surface area contributed by atoms with Crippen molar-refractivity contribution in [2.75, 3.05) is 13.7 Å². The Morgan fingerprint density at radius 3 is 2.61 bits per heavy atom. The van der Waals surface area contributed by atoms with Crippen LogP contribution in [0.5, 0.6) is 0 Å². The molecule has 0 atom stereocenters. The molecule has 1 aliphatic rings. The molecular formula is C13H22ClN3O. The van der Waals surface area contributed by atoms with Crippen LogP contribution >= 0.6 is 11.6 Å². The highest BCUT2D eigenvalue weighted by Crippen LogP contribution is 2.43. The summed E-state index contributed by atoms with van der Waals surface area (Å²) in [5, 5.41) is 8.69. The van der Waals surface area contributed by atoms with Gasteiger partial charge in [0.15, 0.2) is 0 Å². The minimum Gasteiger partial charge on any atom is -0.383 e. The third-order valence-electron chi connectivity index (χ3n) is 4.18. The molecule has 5 heteroatoms. The summed E-state index contributed by atoms with van der Waals surface area (Å²) in [6.07, 6.45) is 6.15. The first-order chi connectivity index (χ1) is 8.77. The Morgan fingerprint density at radius 1 is 1.33 bits per heavy atom. The van der Waals surface area contributed by atoms with E-state index in [0.717, 1.165) is 24.6 Å². The van der Waals surface area contributed by atoms with Crippen molar-refractivity contribution in [3.05, 3.63) is 11.6 Å². The van der Waals surface area contributed by atoms with E-state index in [9.17, 15) is 0 Å². The van der Waals surface area contributed by atoms with E-state index in [0.29, 0.717) is 12.5 Å². The van der Waals surface area contributed by atoms with Gasteiger partial charge in [-0.1, -0.05) is 19.8 Å². The average Bonchev–Trinajstić information content (AvgIpc) is 3.03. The second-order valence-electron chi connectivity index (χ2n) is 5.06. The van der Waals surface area contributed by atoms with Gasteiger partial charge in [-0.3, -0.25) is 0 Å². The van der Waals surface area contributed by atoms with Crippen molar-refractivity contribution in [1.29, 1.82) is 0 Å². The Kier molecular flexibility index (Phi) is 4.62. The van der Waals surface area contributed by atoms with E-state index in [1.165, 1.54) is 25.7 Å². The fourth-order valence-electron chi connectivity index (χ4n) is 3.03. The molecule has 102 valence electrons. The number of nitrogens with zero attached hydrogens (tertiary/aromatic N) is 3. The van der Waals surface area contributed by atoms with Crippen molar-refractivity contribution >= 4 is 11.6 Å². The number of halogens is 1. The van der Waals surface area contributed by atoms with Crippen LogP contribution in [-0.4, -0.2) is 28.5 Å². The number of methoxy groups -OCH3 is 1. The van der Waals surface area contributed by atoms with Gasteiger partial charge in [-0.05, 0) is 19.3 Å². The summed E-state index contributed by atoms with van der Waals surface area (Å²) in [7, 11) is 1.72. The number of alkyl halides is 1. The Morgan fingerprint density at radius 2 is 2.06 bits per heavy atom. The monoisotopic (exact) mass is 271 g/mol. The molecule has 0 aliphatic heterocycles. The molecule has 0 unspecified atom stereocenters. The van der Waals surface area contributed by atoms with Gasteiger partial charge in [0, 0.05) is 19.1 Å². The summed E-state index contributed by atoms with van der Waals surface area (Å²) >= 11 is 5.96. The maximum absolute atomic E-state index is 5.96. The van der Waals surface area contributed by atoms with Gasteiger partial charge in [0.2, 0.25) is 0 Å². The molecule has 1 fully saturated rings. The van der Waals surface area contributed by atoms with Crippen LogP contribution < -0.4 is 0 Å². The zero-order chi connectivity index (χ0) is 13.0. The summed E-state index contributed by atoms with van der Waals surface area (Å²) in [6.45, 7) is 3.72. The van der Waals surface area contributed by atoms with Gasteiger partial charge in [-0.25, -0.2) is 0 Å². The Labute approximate surface area is 114 Å². The maximum atomic E-state index is 5.96. The SMILES string of the molecule is CCC1(c2nnc(CCl)n2CCOC)CCCC1. The van der Waals surface area contributed by atoms with E-state index >= 15 is 0 Å². The summed E-state index contributed by atoms with van der Waals surface area (Å²) in [5.41, 5.74) is 0.213. The average molecular weight is 272 g/mol. The van der Waals surface area contributed by atoms with Crippen molar-refractivity contribution in [2.45, 2.75) is 56.9 Å². The summed E-state index contributed by atoms with van der Waals surface area (Å²) in [4.78, 5) is 0. The largest absolute Gasteiger partial charge is 0.383 e. The van der Waals surface area contributed by atoms with Crippen LogP contribution in [-0.2, 0) is 22.6 Å². The van der Waals surface area contributed by atoms with Gasteiger partial charge in [-0.15, -0.1) is 21.8 Å². The van der Waals surface area contributed by atoms with Crippen LogP contribution in [0, 0.1) is 0 Å². The molecule has 0 amide bonds. The van der Waals surface area contributed by atoms with Gasteiger partial charge >= 0.3 is 0 Å². The van der Waals surface area contributed by atoms with Gasteiger partial charge in [-0.2, -0.15) is 0 Å². The zero-order valence-electron chi connectivity index (χ0n) is 11.3. The van der Waals surface area contributed by atoms with Crippen LogP contribution in [0.2, 0.25) is 0 Å². The van der Waals surface area contributed by atoms with Crippen molar-refractivity contribution in [1.82, 2.24) is 14.8 Å². The highest BCUT2D eigenvalue weighted by molar-refractivity contribution is 6.16. The van der Waals surface area contributed by atoms with Crippen LogP contribution in [0.15, 0.2) is 0 Å². The molecule has 0 bridgehead atoms. The summed E-state index contributed by atoms with van der Waals surface area (Å²) in [5.74, 6) is 2.40. The fourth-order valence-corrected chi connectivity index (χ4v) is 3.23. The predicted octanol–water partition coefficient (Wildman–Crippen LogP) is 2.89. The molecule has 1 heterocycles. The number of rotatable bonds is 6. The van der Waals surface area contributed by atoms with Gasteiger partial charge in [0.05, 0.1) is 12.5 Å². The molecule has 2 rings (SSSR count). The quantitative estimate of drug-likeness (QED) is 0.747. The molecule has 1 aliphatic carbocycles. The van der Waals surface area contributed by atoms with Gasteiger partial charge < -0.3 is 9.30 Å². The first-order valence-corrected chi connectivity index (χ1v) is 7.28. The molecule has 1 saturated carbocycles. The predicted molar refractivity (Wildman–Crippen MR) is 71.9 cm³/mol. The molecule has 4 nitrogen and oxygen atoms in total. The standard InChI is InChI=1S/C13H22ClN3O/c1-3-13(6-4-5-7-13)12-16-15-11(10-14)17(12)8-9-18-2/h3-10H2,1-2H3. The van der Waals surface area contributed by atoms with Crippen LogP contribution in [0.1, 0.15) is 50.7 Å². The number of hydrogen-bond acceptors (Lipinski definition) is 3. The fraction of sp³-hybridized carbons (Fsp3) is 0.846. The highest BCUT2D eigenvalue weighted by atomic mass is 35.5. The van der Waals surface area contributed by atoms with E-state index in [2.05, 4.69) is 21.7 Å². The molecule has 0 saturated heterocycles. The summed E-state index contributed by atoms with van der Waals surface area (Å²) < 4.78 is 7.35. The zero-order valence-corrected chi connectivity index (χ0v) is 12.0. The molecule has 0 N–H and O–H groups in total. The van der Waals surface area contributed by atoms with E-state index < -0.39 is 0 Å². The third-order valence-corrected chi connectivity index (χ3v) is 4.42. The molecule has 18 heavy (non-hydrogen) atoms. The third kappa shape index (κ3) is 2.41. The van der Waals surface area contributed by atoms with Gasteiger partial charge in [0.1, 0.15) is 11.6 Å². The smallest absolute Gasteiger partial charge is 0.148 e. The summed E-state index contributed by atoms with van der Waals surface area (Å²) in [6, 6.07) is 0. The second kappa shape index (κ2) is 6.02. The lowest BCUT2D eigenvalue weighted by molar-refractivity contribution is 0.183. The minimum atomic E-state index is 0.213. The molecule has 1 aromatic rings. The number of aromatic nitrogens is 3. The number of hydrogen-bond donors (Lipinski definition) is 0. The first kappa shape index (κ1) is 13.8. The lowest BCUT2D eigenvalue weighted by Crippen LogP contribution is -2.27. The van der Waals surface area contributed by atoms with Crippen molar-refractivity contribution < 1.29 is 4.74 Å². The van der Waals surface area contributed by atoms with Crippen LogP contribution in [0.3, 0.4) is 0 Å². The highest BCUT2D eigenvalue weighted by Gasteiger charge is 2.38. The van der Waals surface area contributed by atoms with Gasteiger partial charge in [0.25, 0.3) is 0 Å². The Bertz CT molecular complexity index is 386. The molecule has 0 aromatic carbocycles. The molecule has 0 spiro atoms. The van der Waals surface area contributed by atoms with Crippen LogP contribution in [0.4, 0.5) is 0 Å². The molecular weight excluding hydrogens is 250 g/mol. The van der Waals surface area contributed by atoms with Crippen molar-refractivity contribution in [2.24, 2.45) is 0 Å². The van der Waals surface area contributed by atoms with E-state index in [-0.39, 0.29) is 5.41 Å². The van der Waals surface area contributed by atoms with Crippen LogP contribution in [0.25, 0.3) is 0 Å². The Balaban J connectivity index is 2.33. The van der Waals surface area contributed by atoms with Crippen molar-refractivity contribution in [3.63, 3.8) is 0 Å². The van der Waals surface area contributed by atoms with Crippen molar-refractivity contribution in [3.8, 4) is 0 Å². The normalized spacial score (nSPS) is 18.4. The second-order valence-corrected chi connectivity index (χ2v) is 5.33. The Hall–Kier alpha value is -0.610. The first-order valence-electron chi connectivity index (χ1n) is 6.75.